The van der Waals surface area contributed by atoms with Crippen molar-refractivity contribution in [2.45, 2.75) is 44.2 Å². The number of anilines is 1. The van der Waals surface area contributed by atoms with E-state index in [9.17, 15) is 0 Å². The van der Waals surface area contributed by atoms with Crippen LogP contribution < -0.4 is 4.90 Å². The Morgan fingerprint density at radius 2 is 1.93 bits per heavy atom. The summed E-state index contributed by atoms with van der Waals surface area (Å²) in [4.78, 5) is 17.5. The number of aromatic nitrogens is 3. The van der Waals surface area contributed by atoms with Crippen LogP contribution in [0.4, 0.5) is 5.82 Å². The molecule has 2 saturated heterocycles. The highest BCUT2D eigenvalue weighted by molar-refractivity contribution is 5.87. The average molecular weight is 361 g/mol. The highest BCUT2D eigenvalue weighted by atomic mass is 15.3. The fourth-order valence-electron chi connectivity index (χ4n) is 5.04. The van der Waals surface area contributed by atoms with Crippen molar-refractivity contribution in [1.82, 2.24) is 19.9 Å². The van der Waals surface area contributed by atoms with E-state index in [-0.39, 0.29) is 0 Å². The number of piperidine rings is 1. The summed E-state index contributed by atoms with van der Waals surface area (Å²) in [7, 11) is 0. The fourth-order valence-corrected chi connectivity index (χ4v) is 5.04. The van der Waals surface area contributed by atoms with E-state index in [1.165, 1.54) is 50.8 Å². The third kappa shape index (κ3) is 3.21. The van der Waals surface area contributed by atoms with Crippen LogP contribution in [0.15, 0.2) is 48.9 Å². The number of fused-ring (bicyclic) bond motifs is 2. The van der Waals surface area contributed by atoms with Gasteiger partial charge >= 0.3 is 0 Å². The molecule has 2 aliphatic heterocycles. The Balaban J connectivity index is 1.28. The summed E-state index contributed by atoms with van der Waals surface area (Å²) < 4.78 is 0. The van der Waals surface area contributed by atoms with Crippen molar-refractivity contribution in [3.63, 3.8) is 0 Å². The zero-order valence-electron chi connectivity index (χ0n) is 15.7. The third-order valence-corrected chi connectivity index (χ3v) is 6.28. The second-order valence-corrected chi connectivity index (χ2v) is 7.82. The summed E-state index contributed by atoms with van der Waals surface area (Å²) in [5.74, 6) is 1.11. The zero-order chi connectivity index (χ0) is 18.1. The van der Waals surface area contributed by atoms with E-state index < -0.39 is 0 Å². The minimum atomic E-state index is 0.587. The van der Waals surface area contributed by atoms with Crippen LogP contribution in [0.1, 0.15) is 31.2 Å². The minimum absolute atomic E-state index is 0.587. The van der Waals surface area contributed by atoms with Gasteiger partial charge in [0, 0.05) is 24.8 Å². The first-order valence-corrected chi connectivity index (χ1v) is 10.2. The monoisotopic (exact) mass is 361 g/mol. The molecule has 4 heterocycles. The Hall–Kier alpha value is -2.40. The van der Waals surface area contributed by atoms with Gasteiger partial charge in [0.05, 0.1) is 5.39 Å². The maximum Gasteiger partial charge on any atom is 0.142 e. The molecule has 0 aliphatic carbocycles. The van der Waals surface area contributed by atoms with Gasteiger partial charge in [-0.15, -0.1) is 0 Å². The van der Waals surface area contributed by atoms with Crippen LogP contribution in [-0.4, -0.2) is 51.6 Å². The SMILES string of the molecule is c1ccc(CCCN2CCC[C@@H]3C2CCN3c2ncnc3[nH]ccc23)cc1. The highest BCUT2D eigenvalue weighted by Crippen LogP contribution is 2.36. The molecule has 1 unspecified atom stereocenters. The van der Waals surface area contributed by atoms with Crippen LogP contribution in [0.5, 0.6) is 0 Å². The number of H-pyrrole nitrogens is 1. The van der Waals surface area contributed by atoms with E-state index in [2.05, 4.69) is 61.1 Å². The third-order valence-electron chi connectivity index (χ3n) is 6.28. The molecule has 1 aromatic carbocycles. The first-order valence-electron chi connectivity index (χ1n) is 10.2. The second-order valence-electron chi connectivity index (χ2n) is 7.82. The molecule has 5 nitrogen and oxygen atoms in total. The first kappa shape index (κ1) is 16.8. The van der Waals surface area contributed by atoms with Crippen molar-refractivity contribution in [3.05, 3.63) is 54.5 Å². The predicted molar refractivity (Wildman–Crippen MR) is 109 cm³/mol. The molecule has 2 fully saturated rings. The summed E-state index contributed by atoms with van der Waals surface area (Å²) in [5, 5.41) is 1.15. The lowest BCUT2D eigenvalue weighted by molar-refractivity contribution is 0.142. The number of rotatable bonds is 5. The topological polar surface area (TPSA) is 48.1 Å². The molecular weight excluding hydrogens is 334 g/mol. The van der Waals surface area contributed by atoms with Gasteiger partial charge in [0.2, 0.25) is 0 Å². The second kappa shape index (κ2) is 7.31. The van der Waals surface area contributed by atoms with Crippen molar-refractivity contribution >= 4 is 16.9 Å². The number of aromatic amines is 1. The fraction of sp³-hybridized carbons (Fsp3) is 0.455. The van der Waals surface area contributed by atoms with Crippen molar-refractivity contribution in [1.29, 1.82) is 0 Å². The van der Waals surface area contributed by atoms with Crippen molar-refractivity contribution in [2.75, 3.05) is 24.5 Å². The van der Waals surface area contributed by atoms with Gasteiger partial charge < -0.3 is 9.88 Å². The average Bonchev–Trinajstić information content (AvgIpc) is 3.36. The molecule has 0 radical (unpaired) electrons. The van der Waals surface area contributed by atoms with Gasteiger partial charge in [-0.3, -0.25) is 4.90 Å². The molecule has 5 rings (SSSR count). The normalized spacial score (nSPS) is 23.0. The smallest absolute Gasteiger partial charge is 0.142 e. The van der Waals surface area contributed by atoms with E-state index >= 15 is 0 Å². The number of benzene rings is 1. The molecule has 0 amide bonds. The van der Waals surface area contributed by atoms with E-state index in [4.69, 9.17) is 0 Å². The van der Waals surface area contributed by atoms with E-state index in [1.807, 2.05) is 6.20 Å². The number of nitrogens with zero attached hydrogens (tertiary/aromatic N) is 4. The predicted octanol–water partition coefficient (Wildman–Crippen LogP) is 3.63. The summed E-state index contributed by atoms with van der Waals surface area (Å²) in [6.45, 7) is 3.54. The van der Waals surface area contributed by atoms with E-state index in [0.29, 0.717) is 12.1 Å². The lowest BCUT2D eigenvalue weighted by atomic mass is 9.96. The van der Waals surface area contributed by atoms with Crippen LogP contribution in [0.2, 0.25) is 0 Å². The summed E-state index contributed by atoms with van der Waals surface area (Å²) >= 11 is 0. The first-order chi connectivity index (χ1) is 13.4. The van der Waals surface area contributed by atoms with Gasteiger partial charge in [-0.25, -0.2) is 9.97 Å². The maximum absolute atomic E-state index is 4.66. The molecule has 27 heavy (non-hydrogen) atoms. The Morgan fingerprint density at radius 3 is 2.85 bits per heavy atom. The molecule has 2 atom stereocenters. The maximum atomic E-state index is 4.66. The Labute approximate surface area is 160 Å². The molecule has 0 spiro atoms. The van der Waals surface area contributed by atoms with Crippen LogP contribution >= 0.6 is 0 Å². The van der Waals surface area contributed by atoms with Crippen LogP contribution in [0.25, 0.3) is 11.0 Å². The van der Waals surface area contributed by atoms with Gasteiger partial charge in [-0.1, -0.05) is 30.3 Å². The molecule has 140 valence electrons. The van der Waals surface area contributed by atoms with Crippen molar-refractivity contribution in [3.8, 4) is 0 Å². The van der Waals surface area contributed by atoms with Crippen molar-refractivity contribution < 1.29 is 0 Å². The zero-order valence-corrected chi connectivity index (χ0v) is 15.7. The molecule has 2 aromatic heterocycles. The molecule has 1 N–H and O–H groups in total. The van der Waals surface area contributed by atoms with Gasteiger partial charge in [0.25, 0.3) is 0 Å². The van der Waals surface area contributed by atoms with Gasteiger partial charge in [-0.2, -0.15) is 0 Å². The highest BCUT2D eigenvalue weighted by Gasteiger charge is 2.40. The Morgan fingerprint density at radius 1 is 1.00 bits per heavy atom. The Bertz CT molecular complexity index is 890. The molecular formula is C22H27N5. The summed E-state index contributed by atoms with van der Waals surface area (Å²) in [5.41, 5.74) is 2.40. The molecule has 0 bridgehead atoms. The van der Waals surface area contributed by atoms with Crippen LogP contribution in [-0.2, 0) is 6.42 Å². The van der Waals surface area contributed by atoms with Gasteiger partial charge in [0.1, 0.15) is 17.8 Å². The lowest BCUT2D eigenvalue weighted by Crippen LogP contribution is -2.50. The quantitative estimate of drug-likeness (QED) is 0.754. The number of hydrogen-bond acceptors (Lipinski definition) is 4. The molecule has 2 aliphatic rings. The number of nitrogens with one attached hydrogen (secondary N) is 1. The van der Waals surface area contributed by atoms with E-state index in [1.54, 1.807) is 6.33 Å². The lowest BCUT2D eigenvalue weighted by Gasteiger charge is -2.40. The minimum Gasteiger partial charge on any atom is -0.351 e. The summed E-state index contributed by atoms with van der Waals surface area (Å²) in [6.07, 6.45) is 9.87. The number of likely N-dealkylation sites (tertiary alicyclic amines) is 1. The van der Waals surface area contributed by atoms with Gasteiger partial charge in [0.15, 0.2) is 0 Å². The van der Waals surface area contributed by atoms with Gasteiger partial charge in [-0.05, 0) is 56.8 Å². The molecule has 3 aromatic rings. The summed E-state index contributed by atoms with van der Waals surface area (Å²) in [6, 6.07) is 14.2. The molecule has 0 saturated carbocycles. The van der Waals surface area contributed by atoms with Crippen LogP contribution in [0.3, 0.4) is 0 Å². The standard InChI is InChI=1S/C22H27N5/c1-2-6-17(7-3-1)8-4-13-26-14-5-9-20-19(26)11-15-27(20)22-18-10-12-23-21(18)24-16-25-22/h1-3,6-7,10,12,16,19-20H,4-5,8-9,11,13-15H2,(H,23,24,25)/t19?,20-/m1/s1. The number of hydrogen-bond donors (Lipinski definition) is 1. The molecule has 5 heteroatoms. The van der Waals surface area contributed by atoms with Crippen LogP contribution in [0, 0.1) is 0 Å². The largest absolute Gasteiger partial charge is 0.351 e. The van der Waals surface area contributed by atoms with E-state index in [0.717, 1.165) is 23.4 Å². The number of aryl methyl sites for hydroxylation is 1. The Kier molecular flexibility index (Phi) is 4.54. The van der Waals surface area contributed by atoms with Crippen molar-refractivity contribution in [2.24, 2.45) is 0 Å².